The van der Waals surface area contributed by atoms with Crippen LogP contribution in [0.3, 0.4) is 0 Å². The molecule has 2 unspecified atom stereocenters. The highest BCUT2D eigenvalue weighted by Crippen LogP contribution is 2.37. The quantitative estimate of drug-likeness (QED) is 0.0729. The number of imide groups is 2. The molecule has 9 amide bonds. The lowest BCUT2D eigenvalue weighted by molar-refractivity contribution is -0.154. The molecule has 360 valence electrons. The van der Waals surface area contributed by atoms with Gasteiger partial charge in [0.05, 0.1) is 36.4 Å². The van der Waals surface area contributed by atoms with Crippen LogP contribution in [0.5, 0.6) is 0 Å². The summed E-state index contributed by atoms with van der Waals surface area (Å²) in [6, 6.07) is 12.3. The van der Waals surface area contributed by atoms with Crippen LogP contribution in [-0.2, 0) is 60.9 Å². The van der Waals surface area contributed by atoms with Crippen LogP contribution in [0, 0.1) is 28.1 Å². The number of benzene rings is 2. The SMILES string of the molecule is CC(C)(C)C(=O)OCc1ccc(NC(=O)[C@H](CCCNC(N)=O)NC(=O)[C@@H](Cc2ccccc2)NC(=O)COC(CN2C(=O)CC(C(C)(C)C)C2=O)CN2C(=O)CC(C(C)(C)C)C2=O)cc1. The second kappa shape index (κ2) is 22.3. The smallest absolute Gasteiger partial charge is 0.312 e. The molecule has 0 radical (unpaired) electrons. The van der Waals surface area contributed by atoms with Crippen molar-refractivity contribution in [3.05, 3.63) is 65.7 Å². The molecule has 2 heterocycles. The van der Waals surface area contributed by atoms with Crippen molar-refractivity contribution in [2.75, 3.05) is 31.6 Å². The molecule has 66 heavy (non-hydrogen) atoms. The lowest BCUT2D eigenvalue weighted by atomic mass is 9.80. The Hall–Kier alpha value is -6.17. The first-order valence-corrected chi connectivity index (χ1v) is 22.3. The van der Waals surface area contributed by atoms with E-state index in [-0.39, 0.29) is 64.3 Å². The van der Waals surface area contributed by atoms with Crippen molar-refractivity contribution in [3.63, 3.8) is 0 Å². The summed E-state index contributed by atoms with van der Waals surface area (Å²) in [7, 11) is 0. The van der Waals surface area contributed by atoms with Gasteiger partial charge in [0.25, 0.3) is 0 Å². The van der Waals surface area contributed by atoms with Crippen LogP contribution in [-0.4, -0.2) is 108 Å². The molecule has 0 aliphatic carbocycles. The van der Waals surface area contributed by atoms with Gasteiger partial charge in [0.15, 0.2) is 0 Å². The minimum atomic E-state index is -1.25. The Balaban J connectivity index is 1.52. The maximum Gasteiger partial charge on any atom is 0.312 e. The van der Waals surface area contributed by atoms with Gasteiger partial charge in [-0.3, -0.25) is 48.2 Å². The number of primary amides is 1. The average molecular weight is 918 g/mol. The number of urea groups is 1. The van der Waals surface area contributed by atoms with Crippen LogP contribution in [0.25, 0.3) is 0 Å². The van der Waals surface area contributed by atoms with Gasteiger partial charge in [-0.15, -0.1) is 0 Å². The molecule has 18 nitrogen and oxygen atoms in total. The normalized spacial score (nSPS) is 18.1. The molecule has 2 aliphatic heterocycles. The minimum Gasteiger partial charge on any atom is -0.460 e. The van der Waals surface area contributed by atoms with E-state index in [1.807, 2.05) is 41.5 Å². The van der Waals surface area contributed by atoms with Crippen LogP contribution < -0.4 is 27.0 Å². The molecule has 18 heteroatoms. The Morgan fingerprint density at radius 3 is 1.74 bits per heavy atom. The standard InChI is InChI=1S/C48H67N7O11/c1-46(2,3)33-23-38(57)54(42(33)61)25-32(26-55-39(58)24-34(43(55)62)47(4,5)6)65-28-37(56)52-36(22-29-14-11-10-12-15-29)41(60)53-35(16-13-21-50-45(49)64)40(59)51-31-19-17-30(18-20-31)27-66-44(63)48(7,8)9/h10-12,14-15,17-20,32-36H,13,16,21-28H2,1-9H3,(H,51,59)(H,52,56)(H,53,60)(H3,49,50,64)/t32?,33?,34?,35-,36+/m0/s1. The molecule has 2 aromatic rings. The van der Waals surface area contributed by atoms with Gasteiger partial charge in [0.2, 0.25) is 41.4 Å². The zero-order valence-electron chi connectivity index (χ0n) is 39.6. The van der Waals surface area contributed by atoms with Gasteiger partial charge in [-0.05, 0) is 67.7 Å². The average Bonchev–Trinajstić information content (AvgIpc) is 3.68. The fourth-order valence-corrected chi connectivity index (χ4v) is 7.50. The van der Waals surface area contributed by atoms with E-state index in [1.54, 1.807) is 75.4 Å². The van der Waals surface area contributed by atoms with Gasteiger partial charge < -0.3 is 36.5 Å². The maximum absolute atomic E-state index is 14.2. The fourth-order valence-electron chi connectivity index (χ4n) is 7.50. The van der Waals surface area contributed by atoms with Crippen molar-refractivity contribution in [2.45, 2.75) is 119 Å². The van der Waals surface area contributed by atoms with Crippen LogP contribution in [0.2, 0.25) is 0 Å². The molecule has 0 bridgehead atoms. The highest BCUT2D eigenvalue weighted by atomic mass is 16.5. The largest absolute Gasteiger partial charge is 0.460 e. The van der Waals surface area contributed by atoms with Gasteiger partial charge in [-0.2, -0.15) is 0 Å². The van der Waals surface area contributed by atoms with Crippen LogP contribution in [0.1, 0.15) is 99.1 Å². The highest BCUT2D eigenvalue weighted by Gasteiger charge is 2.48. The minimum absolute atomic E-state index is 0.00337. The van der Waals surface area contributed by atoms with Crippen LogP contribution in [0.4, 0.5) is 10.5 Å². The van der Waals surface area contributed by atoms with E-state index in [4.69, 9.17) is 15.2 Å². The van der Waals surface area contributed by atoms with Gasteiger partial charge in [0, 0.05) is 31.5 Å². The topological polar surface area (TPSA) is 253 Å². The van der Waals surface area contributed by atoms with Gasteiger partial charge in [-0.25, -0.2) is 4.79 Å². The second-order valence-electron chi connectivity index (χ2n) is 20.2. The Bertz CT molecular complexity index is 2050. The first-order valence-electron chi connectivity index (χ1n) is 22.3. The maximum atomic E-state index is 14.2. The number of carbonyl (C=O) groups is 9. The zero-order valence-corrected chi connectivity index (χ0v) is 39.6. The number of hydrogen-bond acceptors (Lipinski definition) is 11. The number of anilines is 1. The summed E-state index contributed by atoms with van der Waals surface area (Å²) in [5.41, 5.74) is 5.25. The fraction of sp³-hybridized carbons (Fsp3) is 0.562. The number of nitrogens with two attached hydrogens (primary N) is 1. The van der Waals surface area contributed by atoms with Crippen molar-refractivity contribution in [1.82, 2.24) is 25.8 Å². The zero-order chi connectivity index (χ0) is 49.1. The number of carbonyl (C=O) groups excluding carboxylic acids is 9. The summed E-state index contributed by atoms with van der Waals surface area (Å²) in [4.78, 5) is 121. The molecule has 2 aliphatic rings. The molecule has 0 spiro atoms. The van der Waals surface area contributed by atoms with Crippen molar-refractivity contribution >= 4 is 59.0 Å². The van der Waals surface area contributed by atoms with E-state index in [2.05, 4.69) is 21.3 Å². The van der Waals surface area contributed by atoms with E-state index < -0.39 is 100 Å². The number of nitrogens with one attached hydrogen (secondary N) is 4. The molecule has 0 saturated carbocycles. The third-order valence-electron chi connectivity index (χ3n) is 11.5. The molecule has 2 fully saturated rings. The summed E-state index contributed by atoms with van der Waals surface area (Å²) in [6.07, 6.45) is -0.905. The first kappa shape index (κ1) is 52.5. The number of likely N-dealkylation sites (tertiary alicyclic amines) is 2. The van der Waals surface area contributed by atoms with E-state index >= 15 is 0 Å². The molecule has 2 saturated heterocycles. The van der Waals surface area contributed by atoms with Crippen molar-refractivity contribution in [3.8, 4) is 0 Å². The Labute approximate surface area is 386 Å². The molecule has 2 aromatic carbocycles. The number of hydrogen-bond donors (Lipinski definition) is 5. The predicted octanol–water partition coefficient (Wildman–Crippen LogP) is 3.60. The second-order valence-corrected chi connectivity index (χ2v) is 20.2. The molecular weight excluding hydrogens is 851 g/mol. The van der Waals surface area contributed by atoms with Crippen LogP contribution in [0.15, 0.2) is 54.6 Å². The summed E-state index contributed by atoms with van der Waals surface area (Å²) in [5.74, 6) is -5.37. The van der Waals surface area contributed by atoms with Gasteiger partial charge in [0.1, 0.15) is 25.3 Å². The van der Waals surface area contributed by atoms with E-state index in [0.717, 1.165) is 9.80 Å². The number of amides is 9. The number of ether oxygens (including phenoxy) is 2. The molecule has 4 atom stereocenters. The Morgan fingerprint density at radius 1 is 0.712 bits per heavy atom. The monoisotopic (exact) mass is 917 g/mol. The molecular formula is C48H67N7O11. The third-order valence-corrected chi connectivity index (χ3v) is 11.5. The Morgan fingerprint density at radius 2 is 1.26 bits per heavy atom. The summed E-state index contributed by atoms with van der Waals surface area (Å²) >= 11 is 0. The van der Waals surface area contributed by atoms with Gasteiger partial charge >= 0.3 is 12.0 Å². The van der Waals surface area contributed by atoms with E-state index in [1.165, 1.54) is 0 Å². The van der Waals surface area contributed by atoms with E-state index in [0.29, 0.717) is 16.8 Å². The summed E-state index contributed by atoms with van der Waals surface area (Å²) in [6.45, 7) is 15.2. The Kier molecular flexibility index (Phi) is 17.8. The molecule has 6 N–H and O–H groups in total. The summed E-state index contributed by atoms with van der Waals surface area (Å²) in [5, 5.41) is 10.7. The number of rotatable bonds is 20. The van der Waals surface area contributed by atoms with Crippen LogP contribution >= 0.6 is 0 Å². The first-order chi connectivity index (χ1) is 30.7. The van der Waals surface area contributed by atoms with Gasteiger partial charge in [-0.1, -0.05) is 84.0 Å². The third kappa shape index (κ3) is 15.2. The number of nitrogens with zero attached hydrogens (tertiary/aromatic N) is 2. The lowest BCUT2D eigenvalue weighted by Crippen LogP contribution is -2.54. The molecule has 4 rings (SSSR count). The van der Waals surface area contributed by atoms with E-state index in [9.17, 15) is 43.2 Å². The van der Waals surface area contributed by atoms with Crippen molar-refractivity contribution in [1.29, 1.82) is 0 Å². The van der Waals surface area contributed by atoms with Crippen molar-refractivity contribution < 1.29 is 52.6 Å². The predicted molar refractivity (Wildman–Crippen MR) is 243 cm³/mol. The van der Waals surface area contributed by atoms with Crippen molar-refractivity contribution in [2.24, 2.45) is 33.8 Å². The number of esters is 1. The highest BCUT2D eigenvalue weighted by molar-refractivity contribution is 6.05. The lowest BCUT2D eigenvalue weighted by Gasteiger charge is -2.29. The summed E-state index contributed by atoms with van der Waals surface area (Å²) < 4.78 is 11.4. The molecule has 0 aromatic heterocycles.